The van der Waals surface area contributed by atoms with Gasteiger partial charge in [-0.2, -0.15) is 17.6 Å². The van der Waals surface area contributed by atoms with Crippen LogP contribution in [0.1, 0.15) is 12.8 Å². The molecule has 0 radical (unpaired) electrons. The Morgan fingerprint density at radius 1 is 1.09 bits per heavy atom. The fourth-order valence-corrected chi connectivity index (χ4v) is 2.93. The Morgan fingerprint density at radius 3 is 2.00 bits per heavy atom. The normalized spacial score (nSPS) is 27.3. The van der Waals surface area contributed by atoms with Crippen molar-refractivity contribution < 1.29 is 45.4 Å². The number of carbonyl (C=O) groups is 2. The monoisotopic (exact) mass is 350 g/mol. The first-order valence-corrected chi connectivity index (χ1v) is 7.13. The van der Waals surface area contributed by atoms with Gasteiger partial charge in [0, 0.05) is 5.92 Å². The predicted molar refractivity (Wildman–Crippen MR) is 64.4 cm³/mol. The van der Waals surface area contributed by atoms with Gasteiger partial charge in [0.05, 0.1) is 26.1 Å². The smallest absolute Gasteiger partial charge is 0.406 e. The second kappa shape index (κ2) is 6.49. The summed E-state index contributed by atoms with van der Waals surface area (Å²) in [4.78, 5) is 22.9. The Labute approximate surface area is 125 Å². The Bertz CT molecular complexity index is 483. The van der Waals surface area contributed by atoms with Gasteiger partial charge >= 0.3 is 23.1 Å². The second-order valence-corrected chi connectivity index (χ2v) is 5.83. The Hall–Kier alpha value is -1.23. The minimum absolute atomic E-state index is 0.465. The molecule has 0 heterocycles. The van der Waals surface area contributed by atoms with Crippen molar-refractivity contribution in [3.63, 3.8) is 0 Å². The molecule has 1 saturated carbocycles. The van der Waals surface area contributed by atoms with E-state index in [1.54, 1.807) is 0 Å². The summed E-state index contributed by atoms with van der Waals surface area (Å²) in [7, 11) is 1.86. The van der Waals surface area contributed by atoms with Crippen LogP contribution in [0.25, 0.3) is 0 Å². The highest BCUT2D eigenvalue weighted by molar-refractivity contribution is 7.80. The summed E-state index contributed by atoms with van der Waals surface area (Å²) in [5.74, 6) is -12.3. The molecule has 0 saturated heterocycles. The number of halogens is 4. The van der Waals surface area contributed by atoms with Crippen molar-refractivity contribution in [1.82, 2.24) is 0 Å². The lowest BCUT2D eigenvalue weighted by molar-refractivity contribution is -0.202. The van der Waals surface area contributed by atoms with E-state index in [2.05, 4.69) is 9.47 Å². The molecular weight excluding hydrogens is 336 g/mol. The van der Waals surface area contributed by atoms with E-state index in [0.29, 0.717) is 0 Å². The lowest BCUT2D eigenvalue weighted by atomic mass is 9.89. The maximum absolute atomic E-state index is 14.0. The molecule has 0 bridgehead atoms. The fourth-order valence-electron chi connectivity index (χ4n) is 2.54. The maximum atomic E-state index is 14.0. The van der Waals surface area contributed by atoms with Crippen molar-refractivity contribution in [2.45, 2.75) is 24.0 Å². The van der Waals surface area contributed by atoms with E-state index in [9.17, 15) is 31.4 Å². The number of methoxy groups -OCH3 is 2. The number of esters is 2. The van der Waals surface area contributed by atoms with Crippen LogP contribution in [0, 0.1) is 17.8 Å². The van der Waals surface area contributed by atoms with E-state index < -0.39 is 64.8 Å². The quantitative estimate of drug-likeness (QED) is 0.458. The molecule has 0 aromatic carbocycles. The van der Waals surface area contributed by atoms with Crippen LogP contribution in [0.4, 0.5) is 17.6 Å². The molecule has 1 N–H and O–H groups in total. The summed E-state index contributed by atoms with van der Waals surface area (Å²) in [6, 6.07) is 0. The highest BCUT2D eigenvalue weighted by Gasteiger charge is 2.69. The summed E-state index contributed by atoms with van der Waals surface area (Å²) in [5.41, 5.74) is 0. The number of hydrogen-bond donors (Lipinski definition) is 1. The van der Waals surface area contributed by atoms with Crippen LogP contribution < -0.4 is 0 Å². The number of rotatable bonds is 5. The Kier molecular flexibility index (Phi) is 5.55. The molecule has 0 aliphatic heterocycles. The van der Waals surface area contributed by atoms with E-state index in [1.165, 1.54) is 0 Å². The van der Waals surface area contributed by atoms with Crippen LogP contribution in [0.2, 0.25) is 0 Å². The van der Waals surface area contributed by atoms with Gasteiger partial charge in [0.1, 0.15) is 0 Å². The third-order valence-corrected chi connectivity index (χ3v) is 4.38. The number of ether oxygens (including phenoxy) is 2. The Balaban J connectivity index is 3.19. The van der Waals surface area contributed by atoms with E-state index in [0.717, 1.165) is 14.2 Å². The average Bonchev–Trinajstić information content (AvgIpc) is 2.90. The minimum Gasteiger partial charge on any atom is -0.469 e. The molecule has 1 aliphatic carbocycles. The zero-order valence-electron chi connectivity index (χ0n) is 11.6. The molecular formula is C11H14F4O6S. The fraction of sp³-hybridized carbons (Fsp3) is 0.818. The number of carbonyl (C=O) groups excluding carboxylic acids is 2. The topological polar surface area (TPSA) is 89.9 Å². The Morgan fingerprint density at radius 2 is 1.59 bits per heavy atom. The van der Waals surface area contributed by atoms with Crippen molar-refractivity contribution in [1.29, 1.82) is 0 Å². The number of alkyl halides is 4. The SMILES string of the molecule is COC(=O)[C@H]1CC(C(F)(F)C(F)(F)S(=O)O)[C@@H](C(=O)OC)C1. The molecule has 1 fully saturated rings. The molecule has 1 rings (SSSR count). The van der Waals surface area contributed by atoms with Gasteiger partial charge in [-0.3, -0.25) is 9.59 Å². The third kappa shape index (κ3) is 3.09. The molecule has 0 aromatic heterocycles. The molecule has 0 aromatic rings. The molecule has 1 aliphatic rings. The molecule has 11 heteroatoms. The second-order valence-electron chi connectivity index (χ2n) is 4.82. The highest BCUT2D eigenvalue weighted by Crippen LogP contribution is 2.52. The van der Waals surface area contributed by atoms with Crippen LogP contribution in [0.15, 0.2) is 0 Å². The number of hydrogen-bond acceptors (Lipinski definition) is 5. The average molecular weight is 350 g/mol. The van der Waals surface area contributed by atoms with Crippen molar-refractivity contribution in [2.24, 2.45) is 17.8 Å². The highest BCUT2D eigenvalue weighted by atomic mass is 32.2. The zero-order chi connectivity index (χ0) is 17.3. The van der Waals surface area contributed by atoms with E-state index in [4.69, 9.17) is 4.55 Å². The first-order valence-electron chi connectivity index (χ1n) is 6.02. The lowest BCUT2D eigenvalue weighted by Crippen LogP contribution is -2.51. The third-order valence-electron chi connectivity index (χ3n) is 3.67. The van der Waals surface area contributed by atoms with Crippen molar-refractivity contribution in [3.8, 4) is 0 Å². The van der Waals surface area contributed by atoms with Crippen LogP contribution >= 0.6 is 0 Å². The van der Waals surface area contributed by atoms with Crippen molar-refractivity contribution >= 4 is 23.0 Å². The maximum Gasteiger partial charge on any atom is 0.406 e. The van der Waals surface area contributed by atoms with Crippen LogP contribution in [-0.2, 0) is 30.1 Å². The van der Waals surface area contributed by atoms with Crippen LogP contribution in [-0.4, -0.2) is 46.1 Å². The summed E-state index contributed by atoms with van der Waals surface area (Å²) in [6.45, 7) is 0. The summed E-state index contributed by atoms with van der Waals surface area (Å²) >= 11 is -4.15. The molecule has 2 unspecified atom stereocenters. The zero-order valence-corrected chi connectivity index (χ0v) is 12.4. The molecule has 22 heavy (non-hydrogen) atoms. The van der Waals surface area contributed by atoms with Gasteiger partial charge in [-0.05, 0) is 12.8 Å². The van der Waals surface area contributed by atoms with E-state index >= 15 is 0 Å². The van der Waals surface area contributed by atoms with Gasteiger partial charge in [-0.15, -0.1) is 0 Å². The first kappa shape index (κ1) is 18.8. The van der Waals surface area contributed by atoms with Crippen molar-refractivity contribution in [2.75, 3.05) is 14.2 Å². The van der Waals surface area contributed by atoms with Gasteiger partial charge < -0.3 is 14.0 Å². The van der Waals surface area contributed by atoms with Gasteiger partial charge in [-0.1, -0.05) is 0 Å². The molecule has 128 valence electrons. The van der Waals surface area contributed by atoms with Gasteiger partial charge in [0.2, 0.25) is 11.1 Å². The van der Waals surface area contributed by atoms with Crippen LogP contribution in [0.5, 0.6) is 0 Å². The molecule has 6 nitrogen and oxygen atoms in total. The summed E-state index contributed by atoms with van der Waals surface area (Å²) in [5, 5.41) is -5.27. The molecule has 0 amide bonds. The molecule has 4 atom stereocenters. The predicted octanol–water partition coefficient (Wildman–Crippen LogP) is 1.42. The largest absolute Gasteiger partial charge is 0.469 e. The van der Waals surface area contributed by atoms with Crippen LogP contribution in [0.3, 0.4) is 0 Å². The summed E-state index contributed by atoms with van der Waals surface area (Å²) < 4.78 is 82.3. The lowest BCUT2D eigenvalue weighted by Gasteiger charge is -2.31. The summed E-state index contributed by atoms with van der Waals surface area (Å²) in [6.07, 6.45) is -1.25. The first-order chi connectivity index (χ1) is 10.0. The van der Waals surface area contributed by atoms with Gasteiger partial charge in [0.25, 0.3) is 0 Å². The standard InChI is InChI=1S/C11H14F4O6S/c1-20-8(16)5-3-6(9(17)21-2)7(4-5)10(12,13)11(14,15)22(18)19/h5-7H,3-4H2,1-2H3,(H,18,19)/t5-,6+,7?/m1/s1. The minimum atomic E-state index is -5.27. The van der Waals surface area contributed by atoms with E-state index in [-0.39, 0.29) is 0 Å². The van der Waals surface area contributed by atoms with E-state index in [1.807, 2.05) is 0 Å². The van der Waals surface area contributed by atoms with Crippen molar-refractivity contribution in [3.05, 3.63) is 0 Å². The molecule has 0 spiro atoms. The van der Waals surface area contributed by atoms with Gasteiger partial charge in [0.15, 0.2) is 0 Å². The van der Waals surface area contributed by atoms with Gasteiger partial charge in [-0.25, -0.2) is 4.21 Å².